The van der Waals surface area contributed by atoms with E-state index in [-0.39, 0.29) is 0 Å². The van der Waals surface area contributed by atoms with Gasteiger partial charge in [-0.2, -0.15) is 0 Å². The van der Waals surface area contributed by atoms with Crippen molar-refractivity contribution in [1.29, 1.82) is 0 Å². The molecule has 3 nitrogen and oxygen atoms in total. The number of benzene rings is 1. The van der Waals surface area contributed by atoms with Crippen molar-refractivity contribution in [1.82, 2.24) is 10.2 Å². The highest BCUT2D eigenvalue weighted by molar-refractivity contribution is 5.30. The number of hydrogen-bond acceptors (Lipinski definition) is 3. The molecule has 21 heavy (non-hydrogen) atoms. The van der Waals surface area contributed by atoms with E-state index in [4.69, 9.17) is 4.42 Å². The molecule has 1 aliphatic heterocycles. The van der Waals surface area contributed by atoms with Crippen molar-refractivity contribution in [3.05, 3.63) is 58.5 Å². The minimum absolute atomic E-state index is 0.746. The smallest absolute Gasteiger partial charge is 0.118 e. The van der Waals surface area contributed by atoms with Gasteiger partial charge in [0.2, 0.25) is 0 Å². The lowest BCUT2D eigenvalue weighted by molar-refractivity contribution is 0.249. The fourth-order valence-electron chi connectivity index (χ4n) is 3.12. The van der Waals surface area contributed by atoms with Crippen molar-refractivity contribution < 1.29 is 4.42 Å². The lowest BCUT2D eigenvalue weighted by Crippen LogP contribution is -2.16. The van der Waals surface area contributed by atoms with Gasteiger partial charge in [-0.05, 0) is 37.0 Å². The molecule has 1 aliphatic carbocycles. The monoisotopic (exact) mass is 282 g/mol. The summed E-state index contributed by atoms with van der Waals surface area (Å²) in [6.45, 7) is 5.99. The van der Waals surface area contributed by atoms with Gasteiger partial charge < -0.3 is 9.73 Å². The molecule has 1 fully saturated rings. The summed E-state index contributed by atoms with van der Waals surface area (Å²) in [5, 5.41) is 3.56. The highest BCUT2D eigenvalue weighted by Gasteiger charge is 2.22. The first kappa shape index (κ1) is 13.1. The Morgan fingerprint density at radius 3 is 2.57 bits per heavy atom. The van der Waals surface area contributed by atoms with Crippen LogP contribution in [0.15, 0.2) is 34.7 Å². The molecule has 2 aromatic rings. The summed E-state index contributed by atoms with van der Waals surface area (Å²) in [5.74, 6) is 2.16. The van der Waals surface area contributed by atoms with Gasteiger partial charge in [-0.25, -0.2) is 0 Å². The van der Waals surface area contributed by atoms with E-state index in [2.05, 4.69) is 47.5 Å². The number of nitrogens with zero attached hydrogens (tertiary/aromatic N) is 1. The molecule has 3 heteroatoms. The van der Waals surface area contributed by atoms with Crippen LogP contribution in [0.2, 0.25) is 0 Å². The Kier molecular flexibility index (Phi) is 3.32. The summed E-state index contributed by atoms with van der Waals surface area (Å²) in [4.78, 5) is 2.45. The first-order chi connectivity index (χ1) is 10.3. The summed E-state index contributed by atoms with van der Waals surface area (Å²) in [6, 6.07) is 11.7. The van der Waals surface area contributed by atoms with Crippen molar-refractivity contribution in [3.63, 3.8) is 0 Å². The SMILES string of the molecule is Cc1oc(CN2Cc3ccccc3C2)cc1CNC1CC1. The predicted octanol–water partition coefficient (Wildman–Crippen LogP) is 3.36. The van der Waals surface area contributed by atoms with E-state index < -0.39 is 0 Å². The van der Waals surface area contributed by atoms with Crippen LogP contribution in [-0.2, 0) is 26.2 Å². The van der Waals surface area contributed by atoms with Gasteiger partial charge in [-0.15, -0.1) is 0 Å². The highest BCUT2D eigenvalue weighted by atomic mass is 16.3. The van der Waals surface area contributed by atoms with E-state index >= 15 is 0 Å². The molecule has 0 unspecified atom stereocenters. The van der Waals surface area contributed by atoms with Gasteiger partial charge >= 0.3 is 0 Å². The summed E-state index contributed by atoms with van der Waals surface area (Å²) < 4.78 is 5.95. The topological polar surface area (TPSA) is 28.4 Å². The number of hydrogen-bond donors (Lipinski definition) is 1. The van der Waals surface area contributed by atoms with Crippen LogP contribution in [0.5, 0.6) is 0 Å². The van der Waals surface area contributed by atoms with Crippen LogP contribution in [0.1, 0.15) is 41.1 Å². The largest absolute Gasteiger partial charge is 0.465 e. The van der Waals surface area contributed by atoms with E-state index in [1.165, 1.54) is 29.5 Å². The number of aryl methyl sites for hydroxylation is 1. The van der Waals surface area contributed by atoms with Gasteiger partial charge in [0.1, 0.15) is 11.5 Å². The Morgan fingerprint density at radius 2 is 1.90 bits per heavy atom. The Hall–Kier alpha value is -1.58. The van der Waals surface area contributed by atoms with E-state index in [1.807, 2.05) is 0 Å². The Balaban J connectivity index is 1.40. The third-order valence-corrected chi connectivity index (χ3v) is 4.52. The van der Waals surface area contributed by atoms with Crippen LogP contribution in [0, 0.1) is 6.92 Å². The Bertz CT molecular complexity index is 617. The lowest BCUT2D eigenvalue weighted by Gasteiger charge is -2.12. The van der Waals surface area contributed by atoms with Crippen LogP contribution in [0.4, 0.5) is 0 Å². The number of fused-ring (bicyclic) bond motifs is 1. The molecule has 2 aliphatic rings. The zero-order valence-corrected chi connectivity index (χ0v) is 12.6. The van der Waals surface area contributed by atoms with Crippen molar-refractivity contribution >= 4 is 0 Å². The molecule has 2 heterocycles. The summed E-state index contributed by atoms with van der Waals surface area (Å²) >= 11 is 0. The first-order valence-corrected chi connectivity index (χ1v) is 7.88. The zero-order chi connectivity index (χ0) is 14.2. The minimum Gasteiger partial charge on any atom is -0.465 e. The maximum absolute atomic E-state index is 5.95. The van der Waals surface area contributed by atoms with Crippen LogP contribution < -0.4 is 5.32 Å². The van der Waals surface area contributed by atoms with Gasteiger partial charge in [0.15, 0.2) is 0 Å². The molecule has 110 valence electrons. The summed E-state index contributed by atoms with van der Waals surface area (Å²) in [7, 11) is 0. The van der Waals surface area contributed by atoms with Gasteiger partial charge in [-0.3, -0.25) is 4.90 Å². The standard InChI is InChI=1S/C18H22N2O/c1-13-16(9-19-17-6-7-17)8-18(21-13)12-20-10-14-4-2-3-5-15(14)11-20/h2-5,8,17,19H,6-7,9-12H2,1H3. The van der Waals surface area contributed by atoms with Crippen LogP contribution in [-0.4, -0.2) is 10.9 Å². The van der Waals surface area contributed by atoms with Crippen LogP contribution in [0.3, 0.4) is 0 Å². The maximum Gasteiger partial charge on any atom is 0.118 e. The summed E-state index contributed by atoms with van der Waals surface area (Å²) in [5.41, 5.74) is 4.22. The van der Waals surface area contributed by atoms with Crippen molar-refractivity contribution in [2.45, 2.75) is 52.0 Å². The van der Waals surface area contributed by atoms with Gasteiger partial charge in [0, 0.05) is 31.2 Å². The third-order valence-electron chi connectivity index (χ3n) is 4.52. The molecule has 1 aromatic carbocycles. The fourth-order valence-corrected chi connectivity index (χ4v) is 3.12. The van der Waals surface area contributed by atoms with Crippen molar-refractivity contribution in [3.8, 4) is 0 Å². The Labute approximate surface area is 126 Å². The van der Waals surface area contributed by atoms with E-state index in [0.29, 0.717) is 0 Å². The third kappa shape index (κ3) is 2.89. The molecular weight excluding hydrogens is 260 g/mol. The highest BCUT2D eigenvalue weighted by Crippen LogP contribution is 2.26. The second-order valence-corrected chi connectivity index (χ2v) is 6.36. The molecule has 0 spiro atoms. The maximum atomic E-state index is 5.95. The van der Waals surface area contributed by atoms with Crippen molar-refractivity contribution in [2.24, 2.45) is 0 Å². The summed E-state index contributed by atoms with van der Waals surface area (Å²) in [6.07, 6.45) is 2.66. The van der Waals surface area contributed by atoms with Crippen molar-refractivity contribution in [2.75, 3.05) is 0 Å². The van der Waals surface area contributed by atoms with Crippen LogP contribution in [0.25, 0.3) is 0 Å². The second kappa shape index (κ2) is 5.32. The number of rotatable bonds is 5. The molecule has 1 N–H and O–H groups in total. The van der Waals surface area contributed by atoms with Gasteiger partial charge in [0.05, 0.1) is 6.54 Å². The average Bonchev–Trinajstić information content (AvgIpc) is 3.11. The molecule has 0 atom stereocenters. The molecule has 0 bridgehead atoms. The molecule has 0 saturated heterocycles. The van der Waals surface area contributed by atoms with E-state index in [0.717, 1.165) is 43.7 Å². The quantitative estimate of drug-likeness (QED) is 0.911. The molecular formula is C18H22N2O. The van der Waals surface area contributed by atoms with Gasteiger partial charge in [0.25, 0.3) is 0 Å². The first-order valence-electron chi connectivity index (χ1n) is 7.88. The molecule has 0 amide bonds. The minimum atomic E-state index is 0.746. The molecule has 1 aromatic heterocycles. The number of furan rings is 1. The predicted molar refractivity (Wildman–Crippen MR) is 82.7 cm³/mol. The van der Waals surface area contributed by atoms with E-state index in [9.17, 15) is 0 Å². The average molecular weight is 282 g/mol. The molecule has 0 radical (unpaired) electrons. The fraction of sp³-hybridized carbons (Fsp3) is 0.444. The van der Waals surface area contributed by atoms with E-state index in [1.54, 1.807) is 0 Å². The normalized spacial score (nSPS) is 18.1. The second-order valence-electron chi connectivity index (χ2n) is 6.36. The van der Waals surface area contributed by atoms with Crippen LogP contribution >= 0.6 is 0 Å². The molecule has 1 saturated carbocycles. The number of nitrogens with one attached hydrogen (secondary N) is 1. The molecule has 4 rings (SSSR count). The Morgan fingerprint density at radius 1 is 1.19 bits per heavy atom. The lowest BCUT2D eigenvalue weighted by atomic mass is 10.1. The zero-order valence-electron chi connectivity index (χ0n) is 12.6. The van der Waals surface area contributed by atoms with Gasteiger partial charge in [-0.1, -0.05) is 24.3 Å².